The maximum atomic E-state index is 13.1. The normalized spacial score (nSPS) is 16.7. The highest BCUT2D eigenvalue weighted by molar-refractivity contribution is 5.72. The SMILES string of the molecule is CC(=O)NCCN1CCCc2ccc(COC3CN(C(=O)OCCOCCO[N+](=O)[O-])CCC3c3ccc(OCCCOCc4ccccc4)cc3)cc21. The smallest absolute Gasteiger partial charge is 0.409 e. The second-order valence-electron chi connectivity index (χ2n) is 13.3. The van der Waals surface area contributed by atoms with Crippen molar-refractivity contribution in [2.45, 2.75) is 57.8 Å². The molecule has 2 heterocycles. The van der Waals surface area contributed by atoms with Crippen molar-refractivity contribution < 1.29 is 43.2 Å². The summed E-state index contributed by atoms with van der Waals surface area (Å²) in [6.45, 7) is 6.64. The summed E-state index contributed by atoms with van der Waals surface area (Å²) in [6, 6.07) is 24.6. The van der Waals surface area contributed by atoms with Gasteiger partial charge in [0.05, 0.1) is 52.3 Å². The van der Waals surface area contributed by atoms with Crippen molar-refractivity contribution in [3.63, 3.8) is 0 Å². The Bertz CT molecular complexity index is 1610. The fourth-order valence-electron chi connectivity index (χ4n) is 6.70. The molecule has 0 spiro atoms. The molecule has 1 fully saturated rings. The number of carbonyl (C=O) groups excluding carboxylic acids is 2. The second-order valence-corrected chi connectivity index (χ2v) is 13.3. The zero-order chi connectivity index (χ0) is 38.0. The van der Waals surface area contributed by atoms with Crippen LogP contribution < -0.4 is 15.0 Å². The van der Waals surface area contributed by atoms with Crippen LogP contribution in [0.25, 0.3) is 0 Å². The van der Waals surface area contributed by atoms with Crippen LogP contribution in [0, 0.1) is 10.1 Å². The lowest BCUT2D eigenvalue weighted by Gasteiger charge is -2.38. The number of nitrogens with one attached hydrogen (secondary N) is 1. The minimum atomic E-state index is -0.879. The summed E-state index contributed by atoms with van der Waals surface area (Å²) in [5.41, 5.74) is 5.74. The highest BCUT2D eigenvalue weighted by Crippen LogP contribution is 2.34. The monoisotopic (exact) mass is 748 g/mol. The molecule has 5 rings (SSSR count). The summed E-state index contributed by atoms with van der Waals surface area (Å²) in [6.07, 6.45) is 2.75. The quantitative estimate of drug-likeness (QED) is 0.0859. The Morgan fingerprint density at radius 3 is 2.50 bits per heavy atom. The predicted molar refractivity (Wildman–Crippen MR) is 201 cm³/mol. The number of anilines is 1. The van der Waals surface area contributed by atoms with Gasteiger partial charge in [-0.2, -0.15) is 0 Å². The fraction of sp³-hybridized carbons (Fsp3) is 0.500. The van der Waals surface area contributed by atoms with Crippen molar-refractivity contribution >= 4 is 17.7 Å². The Hall–Kier alpha value is -4.92. The highest BCUT2D eigenvalue weighted by atomic mass is 17.0. The molecule has 54 heavy (non-hydrogen) atoms. The average molecular weight is 749 g/mol. The molecule has 0 aromatic heterocycles. The van der Waals surface area contributed by atoms with Gasteiger partial charge in [-0.1, -0.05) is 54.6 Å². The minimum absolute atomic E-state index is 0.0108. The maximum absolute atomic E-state index is 13.1. The van der Waals surface area contributed by atoms with Crippen LogP contribution in [-0.4, -0.2) is 100 Å². The molecule has 0 radical (unpaired) electrons. The summed E-state index contributed by atoms with van der Waals surface area (Å²) < 4.78 is 29.1. The van der Waals surface area contributed by atoms with E-state index in [1.807, 2.05) is 42.5 Å². The molecule has 2 aliphatic heterocycles. The van der Waals surface area contributed by atoms with E-state index in [-0.39, 0.29) is 44.4 Å². The van der Waals surface area contributed by atoms with E-state index in [4.69, 9.17) is 23.7 Å². The van der Waals surface area contributed by atoms with E-state index < -0.39 is 11.2 Å². The molecule has 0 saturated carbocycles. The maximum Gasteiger partial charge on any atom is 0.409 e. The van der Waals surface area contributed by atoms with Crippen molar-refractivity contribution in [2.75, 3.05) is 77.3 Å². The molecule has 2 unspecified atom stereocenters. The van der Waals surface area contributed by atoms with Crippen molar-refractivity contribution in [3.05, 3.63) is 105 Å². The minimum Gasteiger partial charge on any atom is -0.494 e. The molecule has 1 saturated heterocycles. The van der Waals surface area contributed by atoms with Crippen LogP contribution in [0.15, 0.2) is 72.8 Å². The molecule has 14 nitrogen and oxygen atoms in total. The van der Waals surface area contributed by atoms with Crippen molar-refractivity contribution in [1.29, 1.82) is 0 Å². The van der Waals surface area contributed by atoms with Crippen LogP contribution in [0.2, 0.25) is 0 Å². The number of hydrogen-bond acceptors (Lipinski definition) is 11. The zero-order valence-corrected chi connectivity index (χ0v) is 31.0. The Balaban J connectivity index is 1.17. The van der Waals surface area contributed by atoms with Gasteiger partial charge in [0.1, 0.15) is 19.0 Å². The second kappa shape index (κ2) is 21.7. The van der Waals surface area contributed by atoms with Crippen molar-refractivity contribution in [2.24, 2.45) is 0 Å². The first-order chi connectivity index (χ1) is 26.4. The summed E-state index contributed by atoms with van der Waals surface area (Å²) in [7, 11) is 0. The number of likely N-dealkylation sites (tertiary alicyclic amines) is 1. The third-order valence-electron chi connectivity index (χ3n) is 9.40. The van der Waals surface area contributed by atoms with E-state index in [1.165, 1.54) is 18.2 Å². The number of nitrogens with zero attached hydrogens (tertiary/aromatic N) is 3. The van der Waals surface area contributed by atoms with Crippen LogP contribution in [-0.2, 0) is 48.2 Å². The van der Waals surface area contributed by atoms with Crippen LogP contribution >= 0.6 is 0 Å². The predicted octanol–water partition coefficient (Wildman–Crippen LogP) is 5.30. The Morgan fingerprint density at radius 2 is 1.70 bits per heavy atom. The van der Waals surface area contributed by atoms with Gasteiger partial charge in [0, 0.05) is 51.1 Å². The Kier molecular flexibility index (Phi) is 16.2. The van der Waals surface area contributed by atoms with Gasteiger partial charge in [-0.3, -0.25) is 4.79 Å². The Morgan fingerprint density at radius 1 is 0.889 bits per heavy atom. The molecule has 2 aliphatic rings. The number of hydrogen-bond donors (Lipinski definition) is 1. The van der Waals surface area contributed by atoms with Gasteiger partial charge in [-0.05, 0) is 59.7 Å². The molecule has 3 aromatic carbocycles. The molecular weight excluding hydrogens is 696 g/mol. The van der Waals surface area contributed by atoms with Crippen molar-refractivity contribution in [3.8, 4) is 5.75 Å². The van der Waals surface area contributed by atoms with E-state index in [9.17, 15) is 19.7 Å². The topological polar surface area (TPSA) is 151 Å². The number of piperidine rings is 1. The number of fused-ring (bicyclic) bond motifs is 1. The summed E-state index contributed by atoms with van der Waals surface area (Å²) in [5, 5.41) is 12.3. The third kappa shape index (κ3) is 13.2. The summed E-state index contributed by atoms with van der Waals surface area (Å²) in [4.78, 5) is 43.0. The van der Waals surface area contributed by atoms with E-state index in [2.05, 4.69) is 45.4 Å². The first-order valence-corrected chi connectivity index (χ1v) is 18.7. The number of amides is 2. The zero-order valence-electron chi connectivity index (χ0n) is 31.0. The van der Waals surface area contributed by atoms with Gasteiger partial charge in [0.2, 0.25) is 5.91 Å². The first-order valence-electron chi connectivity index (χ1n) is 18.7. The van der Waals surface area contributed by atoms with Crippen molar-refractivity contribution in [1.82, 2.24) is 10.2 Å². The van der Waals surface area contributed by atoms with Crippen LogP contribution in [0.4, 0.5) is 10.5 Å². The molecule has 0 aliphatic carbocycles. The van der Waals surface area contributed by atoms with E-state index >= 15 is 0 Å². The lowest BCUT2D eigenvalue weighted by Crippen LogP contribution is -2.47. The molecule has 1 N–H and O–H groups in total. The molecule has 2 amide bonds. The van der Waals surface area contributed by atoms with E-state index in [0.717, 1.165) is 54.8 Å². The van der Waals surface area contributed by atoms with Crippen LogP contribution in [0.1, 0.15) is 54.4 Å². The highest BCUT2D eigenvalue weighted by Gasteiger charge is 2.34. The third-order valence-corrected chi connectivity index (χ3v) is 9.40. The lowest BCUT2D eigenvalue weighted by atomic mass is 9.87. The van der Waals surface area contributed by atoms with E-state index in [1.54, 1.807) is 4.90 Å². The molecule has 292 valence electrons. The molecule has 14 heteroatoms. The largest absolute Gasteiger partial charge is 0.494 e. The molecule has 3 aromatic rings. The number of rotatable bonds is 21. The van der Waals surface area contributed by atoms with Crippen LogP contribution in [0.3, 0.4) is 0 Å². The number of ether oxygens (including phenoxy) is 5. The molecule has 0 bridgehead atoms. The van der Waals surface area contributed by atoms with Crippen LogP contribution in [0.5, 0.6) is 5.75 Å². The van der Waals surface area contributed by atoms with E-state index in [0.29, 0.717) is 52.5 Å². The summed E-state index contributed by atoms with van der Waals surface area (Å²) >= 11 is 0. The molecular formula is C40H52N4O10. The molecule has 2 atom stereocenters. The van der Waals surface area contributed by atoms with Gasteiger partial charge in [-0.15, -0.1) is 10.1 Å². The van der Waals surface area contributed by atoms with Gasteiger partial charge < -0.3 is 43.6 Å². The van der Waals surface area contributed by atoms with Gasteiger partial charge in [-0.25, -0.2) is 4.79 Å². The Labute approximate surface area is 316 Å². The first kappa shape index (κ1) is 40.3. The lowest BCUT2D eigenvalue weighted by molar-refractivity contribution is -0.758. The van der Waals surface area contributed by atoms with Gasteiger partial charge in [0.25, 0.3) is 5.09 Å². The fourth-order valence-corrected chi connectivity index (χ4v) is 6.70. The summed E-state index contributed by atoms with van der Waals surface area (Å²) in [5.74, 6) is 0.779. The number of carbonyl (C=O) groups is 2. The number of aryl methyl sites for hydroxylation is 1. The standard InChI is InChI=1S/C40H52N4O10/c1-31(45)41-17-20-42-18-5-9-35-11-10-33(27-38(35)42)30-53-39-28-43(40(46)52-25-23-49-24-26-54-44(47)48)19-16-37(39)34-12-14-36(15-13-34)51-22-6-21-50-29-32-7-3-2-4-8-32/h2-4,7-8,10-15,27,37,39H,5-6,9,16-26,28-30H2,1H3,(H,41,45). The van der Waals surface area contributed by atoms with Gasteiger partial charge in [0.15, 0.2) is 0 Å². The average Bonchev–Trinajstić information content (AvgIpc) is 3.18. The number of benzene rings is 3. The van der Waals surface area contributed by atoms with Gasteiger partial charge >= 0.3 is 6.09 Å².